The normalized spacial score (nSPS) is 11.5. The Kier molecular flexibility index (Phi) is 4.08. The maximum atomic E-state index is 13.4. The molecule has 1 heterocycles. The number of aromatic nitrogens is 1. The van der Waals surface area contributed by atoms with Crippen LogP contribution in [0.1, 0.15) is 21.5 Å². The predicted molar refractivity (Wildman–Crippen MR) is 66.7 cm³/mol. The van der Waals surface area contributed by atoms with E-state index in [0.29, 0.717) is 12.1 Å². The van der Waals surface area contributed by atoms with Gasteiger partial charge in [0, 0.05) is 18.0 Å². The average Bonchev–Trinajstić information content (AvgIpc) is 2.43. The molecule has 0 saturated heterocycles. The fraction of sp³-hybridized carbons (Fsp3) is 0.0769. The van der Waals surface area contributed by atoms with Crippen LogP contribution in [0.5, 0.6) is 0 Å². The van der Waals surface area contributed by atoms with Crippen molar-refractivity contribution in [1.82, 2.24) is 4.98 Å². The molecule has 2 aromatic rings. The van der Waals surface area contributed by atoms with Crippen molar-refractivity contribution in [2.45, 2.75) is 6.18 Å². The second-order valence-corrected chi connectivity index (χ2v) is 4.76. The molecule has 0 amide bonds. The first-order valence-corrected chi connectivity index (χ1v) is 6.22. The van der Waals surface area contributed by atoms with Crippen LogP contribution in [0.4, 0.5) is 22.0 Å². The lowest BCUT2D eigenvalue weighted by atomic mass is 10.00. The maximum Gasteiger partial charge on any atom is 0.417 e. The number of pyridine rings is 1. The monoisotopic (exact) mass is 365 g/mol. The number of rotatable bonds is 2. The Balaban J connectivity index is 2.59. The van der Waals surface area contributed by atoms with Crippen LogP contribution in [-0.2, 0) is 6.18 Å². The van der Waals surface area contributed by atoms with Crippen molar-refractivity contribution in [3.63, 3.8) is 0 Å². The Morgan fingerprint density at radius 1 is 1.10 bits per heavy atom. The Labute approximate surface area is 123 Å². The number of halogens is 6. The third-order valence-corrected chi connectivity index (χ3v) is 3.43. The summed E-state index contributed by atoms with van der Waals surface area (Å²) in [7, 11) is 0. The molecule has 8 heteroatoms. The summed E-state index contributed by atoms with van der Waals surface area (Å²) >= 11 is 2.67. The van der Waals surface area contributed by atoms with Crippen molar-refractivity contribution in [3.8, 4) is 0 Å². The molecule has 0 bridgehead atoms. The molecule has 0 fully saturated rings. The van der Waals surface area contributed by atoms with E-state index < -0.39 is 44.8 Å². The van der Waals surface area contributed by atoms with Crippen molar-refractivity contribution in [2.75, 3.05) is 0 Å². The zero-order valence-corrected chi connectivity index (χ0v) is 11.6. The number of hydrogen-bond donors (Lipinski definition) is 0. The first-order valence-electron chi connectivity index (χ1n) is 5.43. The average molecular weight is 366 g/mol. The lowest BCUT2D eigenvalue weighted by Crippen LogP contribution is -2.15. The molecular formula is C13H5BrF5NO. The Morgan fingerprint density at radius 2 is 1.76 bits per heavy atom. The highest BCUT2D eigenvalue weighted by atomic mass is 79.9. The van der Waals surface area contributed by atoms with E-state index in [1.165, 1.54) is 0 Å². The van der Waals surface area contributed by atoms with E-state index in [0.717, 1.165) is 18.5 Å². The summed E-state index contributed by atoms with van der Waals surface area (Å²) in [6, 6.07) is 2.20. The molecule has 0 radical (unpaired) electrons. The van der Waals surface area contributed by atoms with E-state index in [9.17, 15) is 26.7 Å². The highest BCUT2D eigenvalue weighted by Crippen LogP contribution is 2.33. The van der Waals surface area contributed by atoms with Crippen LogP contribution in [0.15, 0.2) is 35.1 Å². The van der Waals surface area contributed by atoms with Gasteiger partial charge in [0.15, 0.2) is 17.4 Å². The molecule has 1 aromatic carbocycles. The Morgan fingerprint density at radius 3 is 2.38 bits per heavy atom. The minimum Gasteiger partial charge on any atom is -0.288 e. The topological polar surface area (TPSA) is 30.0 Å². The molecule has 2 rings (SSSR count). The number of alkyl halides is 3. The molecule has 0 spiro atoms. The zero-order valence-electron chi connectivity index (χ0n) is 10.0. The molecule has 21 heavy (non-hydrogen) atoms. The Bertz CT molecular complexity index is 714. The van der Waals surface area contributed by atoms with Gasteiger partial charge < -0.3 is 0 Å². The summed E-state index contributed by atoms with van der Waals surface area (Å²) in [6.45, 7) is 0. The van der Waals surface area contributed by atoms with Gasteiger partial charge in [0.2, 0.25) is 0 Å². The highest BCUT2D eigenvalue weighted by Gasteiger charge is 2.36. The van der Waals surface area contributed by atoms with Crippen molar-refractivity contribution in [3.05, 3.63) is 63.4 Å². The molecular weight excluding hydrogens is 361 g/mol. The summed E-state index contributed by atoms with van der Waals surface area (Å²) in [5.74, 6) is -3.68. The fourth-order valence-corrected chi connectivity index (χ4v) is 2.17. The van der Waals surface area contributed by atoms with Gasteiger partial charge in [-0.05, 0) is 34.1 Å². The number of hydrogen-bond acceptors (Lipinski definition) is 2. The predicted octanol–water partition coefficient (Wildman–Crippen LogP) is 4.37. The smallest absolute Gasteiger partial charge is 0.288 e. The van der Waals surface area contributed by atoms with Crippen molar-refractivity contribution < 1.29 is 26.7 Å². The third kappa shape index (κ3) is 2.94. The zero-order chi connectivity index (χ0) is 15.8. The highest BCUT2D eigenvalue weighted by molar-refractivity contribution is 9.10. The van der Waals surface area contributed by atoms with E-state index in [1.54, 1.807) is 0 Å². The van der Waals surface area contributed by atoms with Crippen molar-refractivity contribution in [1.29, 1.82) is 0 Å². The van der Waals surface area contributed by atoms with E-state index in [4.69, 9.17) is 0 Å². The summed E-state index contributed by atoms with van der Waals surface area (Å²) in [5, 5.41) is 0. The molecule has 1 aromatic heterocycles. The molecule has 0 aliphatic carbocycles. The second kappa shape index (κ2) is 5.51. The molecule has 110 valence electrons. The van der Waals surface area contributed by atoms with E-state index in [-0.39, 0.29) is 0 Å². The van der Waals surface area contributed by atoms with Gasteiger partial charge in [-0.1, -0.05) is 0 Å². The largest absolute Gasteiger partial charge is 0.417 e. The molecule has 0 N–H and O–H groups in total. The number of carbonyl (C=O) groups is 1. The molecule has 0 aliphatic heterocycles. The van der Waals surface area contributed by atoms with Crippen LogP contribution in [0.25, 0.3) is 0 Å². The van der Waals surface area contributed by atoms with Gasteiger partial charge in [-0.15, -0.1) is 0 Å². The molecule has 0 saturated carbocycles. The van der Waals surface area contributed by atoms with Crippen LogP contribution in [0, 0.1) is 11.6 Å². The maximum absolute atomic E-state index is 13.4. The summed E-state index contributed by atoms with van der Waals surface area (Å²) in [4.78, 5) is 15.6. The van der Waals surface area contributed by atoms with Crippen LogP contribution >= 0.6 is 15.9 Å². The van der Waals surface area contributed by atoms with Crippen molar-refractivity contribution in [2.24, 2.45) is 0 Å². The minimum absolute atomic E-state index is 0.424. The van der Waals surface area contributed by atoms with Gasteiger partial charge in [0.25, 0.3) is 0 Å². The summed E-state index contributed by atoms with van der Waals surface area (Å²) < 4.78 is 64.4. The lowest BCUT2D eigenvalue weighted by Gasteiger charge is -2.12. The molecule has 0 atom stereocenters. The third-order valence-electron chi connectivity index (χ3n) is 2.65. The number of ketones is 1. The van der Waals surface area contributed by atoms with Gasteiger partial charge in [0.05, 0.1) is 15.6 Å². The van der Waals surface area contributed by atoms with Crippen LogP contribution in [0.3, 0.4) is 0 Å². The van der Waals surface area contributed by atoms with Crippen LogP contribution in [-0.4, -0.2) is 10.8 Å². The first kappa shape index (κ1) is 15.6. The fourth-order valence-electron chi connectivity index (χ4n) is 1.67. The van der Waals surface area contributed by atoms with Gasteiger partial charge in [-0.3, -0.25) is 9.78 Å². The van der Waals surface area contributed by atoms with E-state index >= 15 is 0 Å². The van der Waals surface area contributed by atoms with Gasteiger partial charge in [-0.25, -0.2) is 8.78 Å². The quantitative estimate of drug-likeness (QED) is 0.449. The number of nitrogens with zero attached hydrogens (tertiary/aromatic N) is 1. The summed E-state index contributed by atoms with van der Waals surface area (Å²) in [5.41, 5.74) is -2.36. The summed E-state index contributed by atoms with van der Waals surface area (Å²) in [6.07, 6.45) is -3.14. The number of carbonyl (C=O) groups excluding carboxylic acids is 1. The van der Waals surface area contributed by atoms with Crippen LogP contribution < -0.4 is 0 Å². The standard InChI is InChI=1S/C13H5BrF5NO/c14-10-6(1-2-9(15)11(10)16)12(21)7-5-20-4-3-8(7)13(17,18)19/h1-5H. The van der Waals surface area contributed by atoms with Gasteiger partial charge >= 0.3 is 6.18 Å². The minimum atomic E-state index is -4.76. The number of benzene rings is 1. The molecule has 0 aliphatic rings. The second-order valence-electron chi connectivity index (χ2n) is 3.97. The van der Waals surface area contributed by atoms with Crippen molar-refractivity contribution >= 4 is 21.7 Å². The first-order chi connectivity index (χ1) is 9.73. The SMILES string of the molecule is O=C(c1cnccc1C(F)(F)F)c1ccc(F)c(F)c1Br. The Hall–Kier alpha value is -1.83. The molecule has 0 unspecified atom stereocenters. The molecule has 2 nitrogen and oxygen atoms in total. The van der Waals surface area contributed by atoms with Gasteiger partial charge in [-0.2, -0.15) is 13.2 Å². The lowest BCUT2D eigenvalue weighted by molar-refractivity contribution is -0.137. The van der Waals surface area contributed by atoms with E-state index in [2.05, 4.69) is 20.9 Å². The van der Waals surface area contributed by atoms with Crippen LogP contribution in [0.2, 0.25) is 0 Å². The van der Waals surface area contributed by atoms with E-state index in [1.807, 2.05) is 0 Å². The van der Waals surface area contributed by atoms with Gasteiger partial charge in [0.1, 0.15) is 0 Å².